The number of halogens is 1. The summed E-state index contributed by atoms with van der Waals surface area (Å²) in [5.41, 5.74) is -1.36. The third-order valence-corrected chi connectivity index (χ3v) is 4.40. The molecule has 1 saturated heterocycles. The second-order valence-electron chi connectivity index (χ2n) is 6.86. The Balaban J connectivity index is 2.43. The SMILES string of the molecule is CCOC(=O)Cc1ccn([C@@H]2O[C@H](COC(C)=O)[C@@H](OC(C)=O)[C@@H]2OC(C)=O)c(=O)c1F. The molecule has 0 unspecified atom stereocenters. The van der Waals surface area contributed by atoms with Gasteiger partial charge < -0.3 is 23.7 Å². The van der Waals surface area contributed by atoms with Gasteiger partial charge in [-0.15, -0.1) is 0 Å². The van der Waals surface area contributed by atoms with Crippen LogP contribution in [0.15, 0.2) is 17.1 Å². The van der Waals surface area contributed by atoms with Crippen molar-refractivity contribution in [1.29, 1.82) is 0 Å². The van der Waals surface area contributed by atoms with Crippen LogP contribution in [0.3, 0.4) is 0 Å². The van der Waals surface area contributed by atoms with Gasteiger partial charge in [-0.25, -0.2) is 4.39 Å². The third kappa shape index (κ3) is 6.13. The predicted octanol–water partition coefficient (Wildman–Crippen LogP) is 0.417. The molecule has 176 valence electrons. The molecule has 2 heterocycles. The van der Waals surface area contributed by atoms with Crippen LogP contribution in [0.2, 0.25) is 0 Å². The first-order valence-corrected chi connectivity index (χ1v) is 9.73. The third-order valence-electron chi connectivity index (χ3n) is 4.40. The highest BCUT2D eigenvalue weighted by molar-refractivity contribution is 5.72. The molecule has 1 aromatic rings. The Kier molecular flexibility index (Phi) is 8.47. The van der Waals surface area contributed by atoms with E-state index in [0.717, 1.165) is 31.5 Å². The van der Waals surface area contributed by atoms with Gasteiger partial charge in [-0.1, -0.05) is 0 Å². The van der Waals surface area contributed by atoms with E-state index in [-0.39, 0.29) is 18.8 Å². The van der Waals surface area contributed by atoms with E-state index in [1.165, 1.54) is 6.07 Å². The first kappa shape index (κ1) is 25.0. The number of hydrogen-bond acceptors (Lipinski definition) is 10. The summed E-state index contributed by atoms with van der Waals surface area (Å²) in [5, 5.41) is 0. The molecule has 0 radical (unpaired) electrons. The fraction of sp³-hybridized carbons (Fsp3) is 0.550. The summed E-state index contributed by atoms with van der Waals surface area (Å²) in [6.45, 7) is 4.66. The van der Waals surface area contributed by atoms with Gasteiger partial charge in [0.15, 0.2) is 24.3 Å². The summed E-state index contributed by atoms with van der Waals surface area (Å²) in [7, 11) is 0. The second-order valence-corrected chi connectivity index (χ2v) is 6.86. The molecule has 0 bridgehead atoms. The molecule has 0 N–H and O–H groups in total. The molecule has 1 aliphatic rings. The van der Waals surface area contributed by atoms with Gasteiger partial charge in [0.1, 0.15) is 12.7 Å². The van der Waals surface area contributed by atoms with Crippen LogP contribution < -0.4 is 5.56 Å². The summed E-state index contributed by atoms with van der Waals surface area (Å²) in [5.74, 6) is -4.10. The second kappa shape index (κ2) is 10.8. The Morgan fingerprint density at radius 3 is 2.22 bits per heavy atom. The molecule has 32 heavy (non-hydrogen) atoms. The fourth-order valence-corrected chi connectivity index (χ4v) is 3.18. The van der Waals surface area contributed by atoms with Crippen molar-refractivity contribution in [1.82, 2.24) is 4.57 Å². The molecule has 1 fully saturated rings. The van der Waals surface area contributed by atoms with E-state index in [2.05, 4.69) is 0 Å². The van der Waals surface area contributed by atoms with Crippen LogP contribution in [0.5, 0.6) is 0 Å². The zero-order valence-corrected chi connectivity index (χ0v) is 18.0. The molecule has 2 rings (SSSR count). The molecule has 1 aliphatic heterocycles. The van der Waals surface area contributed by atoms with Crippen LogP contribution in [-0.4, -0.2) is 60.0 Å². The topological polar surface area (TPSA) is 136 Å². The molecule has 0 saturated carbocycles. The van der Waals surface area contributed by atoms with E-state index in [1.54, 1.807) is 6.92 Å². The van der Waals surface area contributed by atoms with Crippen molar-refractivity contribution < 1.29 is 47.3 Å². The van der Waals surface area contributed by atoms with E-state index >= 15 is 0 Å². The maximum atomic E-state index is 14.7. The highest BCUT2D eigenvalue weighted by Gasteiger charge is 2.51. The lowest BCUT2D eigenvalue weighted by Crippen LogP contribution is -2.42. The van der Waals surface area contributed by atoms with Crippen LogP contribution >= 0.6 is 0 Å². The van der Waals surface area contributed by atoms with Crippen molar-refractivity contribution in [2.45, 2.75) is 58.7 Å². The molecule has 1 aromatic heterocycles. The van der Waals surface area contributed by atoms with Crippen molar-refractivity contribution in [3.05, 3.63) is 34.0 Å². The summed E-state index contributed by atoms with van der Waals surface area (Å²) in [4.78, 5) is 58.7. The molecule has 11 nitrogen and oxygen atoms in total. The van der Waals surface area contributed by atoms with E-state index in [9.17, 15) is 28.4 Å². The molecule has 12 heteroatoms. The summed E-state index contributed by atoms with van der Waals surface area (Å²) >= 11 is 0. The van der Waals surface area contributed by atoms with Crippen molar-refractivity contribution in [3.63, 3.8) is 0 Å². The minimum Gasteiger partial charge on any atom is -0.466 e. The van der Waals surface area contributed by atoms with Crippen LogP contribution in [-0.2, 0) is 49.3 Å². The lowest BCUT2D eigenvalue weighted by Gasteiger charge is -2.24. The largest absolute Gasteiger partial charge is 0.466 e. The number of carbonyl (C=O) groups excluding carboxylic acids is 4. The molecule has 0 aliphatic carbocycles. The van der Waals surface area contributed by atoms with E-state index in [4.69, 9.17) is 23.7 Å². The first-order valence-electron chi connectivity index (χ1n) is 9.73. The minimum absolute atomic E-state index is 0.0960. The normalized spacial score (nSPS) is 22.2. The Hall–Kier alpha value is -3.28. The van der Waals surface area contributed by atoms with Gasteiger partial charge in [-0.05, 0) is 13.0 Å². The molecule has 0 amide bonds. The van der Waals surface area contributed by atoms with Gasteiger partial charge in [-0.2, -0.15) is 0 Å². The maximum Gasteiger partial charge on any atom is 0.310 e. The van der Waals surface area contributed by atoms with Gasteiger partial charge in [0.2, 0.25) is 0 Å². The van der Waals surface area contributed by atoms with Crippen LogP contribution in [0.4, 0.5) is 4.39 Å². The molecular weight excluding hydrogens is 433 g/mol. The molecule has 0 aromatic carbocycles. The number of rotatable bonds is 8. The van der Waals surface area contributed by atoms with Crippen molar-refractivity contribution >= 4 is 23.9 Å². The Morgan fingerprint density at radius 1 is 1.03 bits per heavy atom. The van der Waals surface area contributed by atoms with Crippen molar-refractivity contribution in [2.75, 3.05) is 13.2 Å². The summed E-state index contributed by atoms with van der Waals surface area (Å²) in [6.07, 6.45) is -4.39. The van der Waals surface area contributed by atoms with Gasteiger partial charge in [-0.3, -0.25) is 28.5 Å². The van der Waals surface area contributed by atoms with Gasteiger partial charge in [0, 0.05) is 32.5 Å². The van der Waals surface area contributed by atoms with E-state index < -0.39 is 66.2 Å². The zero-order chi connectivity index (χ0) is 24.0. The van der Waals surface area contributed by atoms with Gasteiger partial charge in [0.05, 0.1) is 13.0 Å². The smallest absolute Gasteiger partial charge is 0.310 e. The summed E-state index contributed by atoms with van der Waals surface area (Å²) < 4.78 is 41.3. The highest BCUT2D eigenvalue weighted by Crippen LogP contribution is 2.34. The van der Waals surface area contributed by atoms with Crippen LogP contribution in [0.25, 0.3) is 0 Å². The van der Waals surface area contributed by atoms with E-state index in [1.807, 2.05) is 0 Å². The Bertz CT molecular complexity index is 943. The zero-order valence-electron chi connectivity index (χ0n) is 18.0. The Labute approximate surface area is 182 Å². The highest BCUT2D eigenvalue weighted by atomic mass is 19.1. The molecule has 4 atom stereocenters. The minimum atomic E-state index is -1.40. The monoisotopic (exact) mass is 457 g/mol. The number of hydrogen-bond donors (Lipinski definition) is 0. The number of esters is 4. The number of ether oxygens (including phenoxy) is 5. The standard InChI is InChI=1S/C20H24FNO10/c1-5-28-15(26)8-13-6-7-22(19(27)16(13)21)20-18(31-12(4)25)17(30-11(3)24)14(32-20)9-29-10(2)23/h6-7,14,17-18,20H,5,8-9H2,1-4H3/t14-,17-,18+,20-/m1/s1. The maximum absolute atomic E-state index is 14.7. The fourth-order valence-electron chi connectivity index (χ4n) is 3.18. The molecular formula is C20H24FNO10. The average molecular weight is 457 g/mol. The van der Waals surface area contributed by atoms with Gasteiger partial charge in [0.25, 0.3) is 5.56 Å². The van der Waals surface area contributed by atoms with E-state index in [0.29, 0.717) is 0 Å². The quantitative estimate of drug-likeness (QED) is 0.399. The van der Waals surface area contributed by atoms with Crippen LogP contribution in [0.1, 0.15) is 39.5 Å². The number of aromatic nitrogens is 1. The molecule has 0 spiro atoms. The Morgan fingerprint density at radius 2 is 1.66 bits per heavy atom. The number of carbonyl (C=O) groups is 4. The van der Waals surface area contributed by atoms with Crippen LogP contribution in [0, 0.1) is 5.82 Å². The number of pyridine rings is 1. The lowest BCUT2D eigenvalue weighted by molar-refractivity contribution is -0.166. The van der Waals surface area contributed by atoms with Crippen molar-refractivity contribution in [3.8, 4) is 0 Å². The van der Waals surface area contributed by atoms with Gasteiger partial charge >= 0.3 is 23.9 Å². The predicted molar refractivity (Wildman–Crippen MR) is 103 cm³/mol. The first-order chi connectivity index (χ1) is 15.0. The lowest BCUT2D eigenvalue weighted by atomic mass is 10.1. The average Bonchev–Trinajstić information content (AvgIpc) is 3.00. The number of nitrogens with zero attached hydrogens (tertiary/aromatic N) is 1. The van der Waals surface area contributed by atoms with Crippen molar-refractivity contribution in [2.24, 2.45) is 0 Å². The summed E-state index contributed by atoms with van der Waals surface area (Å²) in [6, 6.07) is 1.18.